The van der Waals surface area contributed by atoms with Crippen molar-refractivity contribution in [2.24, 2.45) is 0 Å². The predicted molar refractivity (Wildman–Crippen MR) is 83.6 cm³/mol. The molecule has 0 aliphatic heterocycles. The van der Waals surface area contributed by atoms with Crippen molar-refractivity contribution in [3.8, 4) is 0 Å². The van der Waals surface area contributed by atoms with E-state index in [-0.39, 0.29) is 4.90 Å². The number of hydrogen-bond donors (Lipinski definition) is 3. The van der Waals surface area contributed by atoms with E-state index in [0.29, 0.717) is 29.7 Å². The van der Waals surface area contributed by atoms with Crippen molar-refractivity contribution in [2.45, 2.75) is 17.7 Å². The smallest absolute Gasteiger partial charge is 0.244 e. The third-order valence-electron chi connectivity index (χ3n) is 2.78. The summed E-state index contributed by atoms with van der Waals surface area (Å²) in [5.41, 5.74) is 0. The third-order valence-corrected chi connectivity index (χ3v) is 4.69. The molecule has 0 saturated carbocycles. The van der Waals surface area contributed by atoms with Crippen molar-refractivity contribution in [2.75, 3.05) is 18.9 Å². The Morgan fingerprint density at radius 3 is 2.86 bits per heavy atom. The van der Waals surface area contributed by atoms with Gasteiger partial charge in [0.15, 0.2) is 0 Å². The minimum absolute atomic E-state index is 0.123. The number of sulfonamides is 1. The number of anilines is 1. The van der Waals surface area contributed by atoms with E-state index in [0.717, 1.165) is 5.82 Å². The van der Waals surface area contributed by atoms with Crippen LogP contribution in [0.2, 0.25) is 0 Å². The summed E-state index contributed by atoms with van der Waals surface area (Å²) in [4.78, 5) is 11.2. The second kappa shape index (κ2) is 7.01. The first-order valence-electron chi connectivity index (χ1n) is 6.34. The lowest BCUT2D eigenvalue weighted by Gasteiger charge is -2.10. The van der Waals surface area contributed by atoms with Crippen LogP contribution >= 0.6 is 15.9 Å². The zero-order valence-electron chi connectivity index (χ0n) is 11.4. The Balaban J connectivity index is 1.99. The van der Waals surface area contributed by atoms with Crippen LogP contribution in [-0.2, 0) is 16.4 Å². The maximum Gasteiger partial charge on any atom is 0.244 e. The highest BCUT2D eigenvalue weighted by atomic mass is 79.9. The van der Waals surface area contributed by atoms with Crippen LogP contribution in [0, 0.1) is 0 Å². The van der Waals surface area contributed by atoms with Crippen molar-refractivity contribution >= 4 is 31.8 Å². The molecule has 0 fully saturated rings. The molecule has 7 nitrogen and oxygen atoms in total. The summed E-state index contributed by atoms with van der Waals surface area (Å²) in [6.45, 7) is 0.332. The van der Waals surface area contributed by atoms with Gasteiger partial charge in [-0.1, -0.05) is 0 Å². The van der Waals surface area contributed by atoms with Crippen LogP contribution in [0.3, 0.4) is 0 Å². The summed E-state index contributed by atoms with van der Waals surface area (Å²) in [6, 6.07) is 1.52. The zero-order chi connectivity index (χ0) is 15.3. The number of H-pyrrole nitrogens is 1. The largest absolute Gasteiger partial charge is 0.372 e. The lowest BCUT2D eigenvalue weighted by Crippen LogP contribution is -2.26. The van der Waals surface area contributed by atoms with E-state index >= 15 is 0 Å². The van der Waals surface area contributed by atoms with Gasteiger partial charge >= 0.3 is 0 Å². The molecule has 0 aromatic carbocycles. The van der Waals surface area contributed by atoms with Crippen molar-refractivity contribution in [1.82, 2.24) is 19.7 Å². The molecule has 0 bridgehead atoms. The van der Waals surface area contributed by atoms with Gasteiger partial charge in [0.25, 0.3) is 0 Å². The van der Waals surface area contributed by atoms with Crippen LogP contribution in [0.5, 0.6) is 0 Å². The first-order valence-corrected chi connectivity index (χ1v) is 8.62. The molecule has 0 unspecified atom stereocenters. The van der Waals surface area contributed by atoms with E-state index in [9.17, 15) is 8.42 Å². The molecule has 2 rings (SSSR count). The molecule has 3 N–H and O–H groups in total. The average Bonchev–Trinajstić information content (AvgIpc) is 2.97. The molecule has 0 aliphatic carbocycles. The fourth-order valence-corrected chi connectivity index (χ4v) is 3.53. The van der Waals surface area contributed by atoms with Gasteiger partial charge < -0.3 is 10.3 Å². The van der Waals surface area contributed by atoms with Gasteiger partial charge in [-0.15, -0.1) is 0 Å². The summed E-state index contributed by atoms with van der Waals surface area (Å²) in [5, 5.41) is 2.78. The summed E-state index contributed by atoms with van der Waals surface area (Å²) in [7, 11) is -1.97. The van der Waals surface area contributed by atoms with E-state index < -0.39 is 10.0 Å². The van der Waals surface area contributed by atoms with Gasteiger partial charge in [0.1, 0.15) is 16.5 Å². The van der Waals surface area contributed by atoms with Gasteiger partial charge in [0.2, 0.25) is 10.0 Å². The van der Waals surface area contributed by atoms with Gasteiger partial charge in [0, 0.05) is 43.1 Å². The molecule has 9 heteroatoms. The van der Waals surface area contributed by atoms with Crippen molar-refractivity contribution in [3.05, 3.63) is 35.0 Å². The maximum atomic E-state index is 12.3. The number of aromatic amines is 1. The monoisotopic (exact) mass is 373 g/mol. The first-order chi connectivity index (χ1) is 10.0. The summed E-state index contributed by atoms with van der Waals surface area (Å²) >= 11 is 3.23. The molecule has 0 aliphatic rings. The normalized spacial score (nSPS) is 11.5. The number of halogens is 1. The van der Waals surface area contributed by atoms with E-state index in [1.54, 1.807) is 25.6 Å². The number of rotatable bonds is 7. The fourth-order valence-electron chi connectivity index (χ4n) is 1.79. The number of aromatic nitrogens is 3. The van der Waals surface area contributed by atoms with E-state index in [1.165, 1.54) is 6.07 Å². The molecule has 2 heterocycles. The summed E-state index contributed by atoms with van der Waals surface area (Å²) in [6.07, 6.45) is 6.30. The molecule has 0 amide bonds. The van der Waals surface area contributed by atoms with Crippen LogP contribution in [-0.4, -0.2) is 37.0 Å². The molecule has 0 saturated heterocycles. The SMILES string of the molecule is CNc1ncc(Br)cc1S(=O)(=O)NCCCc1ncc[nH]1. The van der Waals surface area contributed by atoms with Crippen LogP contribution in [0.15, 0.2) is 34.0 Å². The van der Waals surface area contributed by atoms with Gasteiger partial charge in [-0.25, -0.2) is 23.1 Å². The Labute approximate surface area is 131 Å². The van der Waals surface area contributed by atoms with Crippen LogP contribution in [0.4, 0.5) is 5.82 Å². The minimum Gasteiger partial charge on any atom is -0.372 e. The third kappa shape index (κ3) is 4.26. The molecule has 0 atom stereocenters. The molecular weight excluding hydrogens is 358 g/mol. The number of imidazole rings is 1. The van der Waals surface area contributed by atoms with E-state index in [2.05, 4.69) is 40.9 Å². The van der Waals surface area contributed by atoms with Crippen LogP contribution in [0.1, 0.15) is 12.2 Å². The average molecular weight is 374 g/mol. The summed E-state index contributed by atoms with van der Waals surface area (Å²) in [5.74, 6) is 1.16. The van der Waals surface area contributed by atoms with Gasteiger partial charge in [-0.05, 0) is 28.4 Å². The van der Waals surface area contributed by atoms with Gasteiger partial charge in [-0.3, -0.25) is 0 Å². The van der Waals surface area contributed by atoms with Crippen molar-refractivity contribution < 1.29 is 8.42 Å². The lowest BCUT2D eigenvalue weighted by molar-refractivity contribution is 0.578. The quantitative estimate of drug-likeness (QED) is 0.638. The second-order valence-electron chi connectivity index (χ2n) is 4.29. The number of nitrogens with zero attached hydrogens (tertiary/aromatic N) is 2. The van der Waals surface area contributed by atoms with Crippen molar-refractivity contribution in [3.63, 3.8) is 0 Å². The molecular formula is C12H16BrN5O2S. The highest BCUT2D eigenvalue weighted by Crippen LogP contribution is 2.22. The van der Waals surface area contributed by atoms with E-state index in [1.807, 2.05) is 0 Å². The zero-order valence-corrected chi connectivity index (χ0v) is 13.8. The van der Waals surface area contributed by atoms with Crippen LogP contribution < -0.4 is 10.0 Å². The Kier molecular flexibility index (Phi) is 5.32. The predicted octanol–water partition coefficient (Wildman–Crippen LogP) is 1.52. The standard InChI is InChI=1S/C12H16BrN5O2S/c1-14-12-10(7-9(13)8-17-12)21(19,20)18-4-2-3-11-15-5-6-16-11/h5-8,18H,2-4H2,1H3,(H,14,17)(H,15,16). The summed E-state index contributed by atoms with van der Waals surface area (Å²) < 4.78 is 27.8. The number of aryl methyl sites for hydroxylation is 1. The second-order valence-corrected chi connectivity index (χ2v) is 6.94. The van der Waals surface area contributed by atoms with Crippen molar-refractivity contribution in [1.29, 1.82) is 0 Å². The number of hydrogen-bond acceptors (Lipinski definition) is 5. The fraction of sp³-hybridized carbons (Fsp3) is 0.333. The molecule has 114 valence electrons. The molecule has 2 aromatic rings. The number of nitrogens with one attached hydrogen (secondary N) is 3. The highest BCUT2D eigenvalue weighted by Gasteiger charge is 2.19. The Morgan fingerprint density at radius 2 is 2.19 bits per heavy atom. The molecule has 0 radical (unpaired) electrons. The number of pyridine rings is 1. The van der Waals surface area contributed by atoms with Gasteiger partial charge in [-0.2, -0.15) is 0 Å². The first kappa shape index (κ1) is 15.9. The van der Waals surface area contributed by atoms with Crippen LogP contribution in [0.25, 0.3) is 0 Å². The topological polar surface area (TPSA) is 99.8 Å². The highest BCUT2D eigenvalue weighted by molar-refractivity contribution is 9.10. The Morgan fingerprint density at radius 1 is 1.38 bits per heavy atom. The van der Waals surface area contributed by atoms with Gasteiger partial charge in [0.05, 0.1) is 0 Å². The van der Waals surface area contributed by atoms with E-state index in [4.69, 9.17) is 0 Å². The Bertz CT molecular complexity index is 688. The molecule has 21 heavy (non-hydrogen) atoms. The molecule has 2 aromatic heterocycles. The molecule has 0 spiro atoms. The minimum atomic E-state index is -3.60. The maximum absolute atomic E-state index is 12.3. The Hall–Kier alpha value is -1.45. The lowest BCUT2D eigenvalue weighted by atomic mass is 10.3.